The van der Waals surface area contributed by atoms with Crippen LogP contribution in [0.1, 0.15) is 201 Å². The topological polar surface area (TPSA) is 155 Å². The summed E-state index contributed by atoms with van der Waals surface area (Å²) < 4.78 is 39.2. The molecular formula is C56H93O11P. The minimum absolute atomic E-state index is 0.0986. The van der Waals surface area contributed by atoms with Gasteiger partial charge in [-0.05, 0) is 96.3 Å². The summed E-state index contributed by atoms with van der Waals surface area (Å²) >= 11 is 0. The number of hydrogen-bond donors (Lipinski definition) is 2. The van der Waals surface area contributed by atoms with Crippen molar-refractivity contribution >= 4 is 25.7 Å². The van der Waals surface area contributed by atoms with Gasteiger partial charge in [-0.3, -0.25) is 23.4 Å². The molecule has 0 radical (unpaired) electrons. The first-order valence-electron chi connectivity index (χ1n) is 26.1. The van der Waals surface area contributed by atoms with Gasteiger partial charge in [0.25, 0.3) is 0 Å². The Morgan fingerprint density at radius 2 is 0.794 bits per heavy atom. The summed E-state index contributed by atoms with van der Waals surface area (Å²) in [5.41, 5.74) is 0. The first-order valence-corrected chi connectivity index (χ1v) is 27.6. The fraction of sp³-hybridized carbons (Fsp3) is 0.661. The summed E-state index contributed by atoms with van der Waals surface area (Å²) in [4.78, 5) is 48.3. The number of allylic oxidation sites excluding steroid dienone is 16. The standard InChI is InChI=1S/C56H93O11P/c1-4-7-10-13-16-19-22-24-25-26-27-29-32-35-38-41-44-47-56(60)67-53(49-63-54(58)45-42-39-36-33-31-28-23-20-17-14-11-8-5-2)51-65-68(61,62)64-50-52(48-57)66-55(59)46-43-40-37-34-30-21-18-15-12-9-6-3/h7-8,10-11,15-20,24-25,28,31,36,39,52-53,57H,4-6,9,12-14,21-23,26-27,29-30,32-35,37-38,40-51H2,1-3H3,(H,61,62)/b10-7-,11-8-,18-15-,19-16-,20-17-,25-24-,31-28-,39-36-. The van der Waals surface area contributed by atoms with E-state index >= 15 is 0 Å². The molecule has 0 saturated heterocycles. The predicted octanol–water partition coefficient (Wildman–Crippen LogP) is 14.9. The van der Waals surface area contributed by atoms with Gasteiger partial charge < -0.3 is 24.2 Å². The van der Waals surface area contributed by atoms with Gasteiger partial charge in [0.05, 0.1) is 19.8 Å². The van der Waals surface area contributed by atoms with Crippen LogP contribution >= 0.6 is 7.82 Å². The van der Waals surface area contributed by atoms with Crippen LogP contribution in [0.25, 0.3) is 0 Å². The van der Waals surface area contributed by atoms with Gasteiger partial charge in [0.2, 0.25) is 0 Å². The Kier molecular flexibility index (Phi) is 47.2. The average molecular weight is 973 g/mol. The van der Waals surface area contributed by atoms with Crippen molar-refractivity contribution in [2.24, 2.45) is 0 Å². The second-order valence-electron chi connectivity index (χ2n) is 16.9. The van der Waals surface area contributed by atoms with Gasteiger partial charge in [-0.1, -0.05) is 182 Å². The van der Waals surface area contributed by atoms with Crippen LogP contribution in [-0.4, -0.2) is 66.5 Å². The molecule has 12 heteroatoms. The quantitative estimate of drug-likeness (QED) is 0.0197. The number of carbonyl (C=O) groups is 3. The Hall–Kier alpha value is -3.60. The summed E-state index contributed by atoms with van der Waals surface area (Å²) in [6, 6.07) is 0. The molecule has 0 aromatic heterocycles. The molecule has 0 aliphatic rings. The number of phosphoric ester groups is 1. The second kappa shape index (κ2) is 49.8. The highest BCUT2D eigenvalue weighted by Gasteiger charge is 2.28. The Morgan fingerprint density at radius 3 is 1.25 bits per heavy atom. The van der Waals surface area contributed by atoms with E-state index in [9.17, 15) is 28.9 Å². The van der Waals surface area contributed by atoms with Crippen LogP contribution in [0.3, 0.4) is 0 Å². The Balaban J connectivity index is 4.85. The summed E-state index contributed by atoms with van der Waals surface area (Å²) in [7, 11) is -4.76. The Bertz CT molecular complexity index is 1510. The van der Waals surface area contributed by atoms with Gasteiger partial charge in [-0.15, -0.1) is 0 Å². The van der Waals surface area contributed by atoms with Gasteiger partial charge in [-0.2, -0.15) is 0 Å². The highest BCUT2D eigenvalue weighted by molar-refractivity contribution is 7.47. The van der Waals surface area contributed by atoms with Crippen LogP contribution in [0.4, 0.5) is 0 Å². The van der Waals surface area contributed by atoms with E-state index in [-0.39, 0.29) is 25.9 Å². The van der Waals surface area contributed by atoms with Crippen molar-refractivity contribution < 1.29 is 52.2 Å². The number of ether oxygens (including phenoxy) is 3. The van der Waals surface area contributed by atoms with Crippen LogP contribution in [0.15, 0.2) is 97.2 Å². The summed E-state index contributed by atoms with van der Waals surface area (Å²) in [6.45, 7) is 4.25. The smallest absolute Gasteiger partial charge is 0.462 e. The zero-order valence-corrected chi connectivity index (χ0v) is 43.4. The van der Waals surface area contributed by atoms with Gasteiger partial charge in [-0.25, -0.2) is 4.57 Å². The molecule has 3 unspecified atom stereocenters. The lowest BCUT2D eigenvalue weighted by molar-refractivity contribution is -0.161. The maximum absolute atomic E-state index is 12.8. The van der Waals surface area contributed by atoms with Crippen LogP contribution in [0, 0.1) is 0 Å². The molecule has 0 amide bonds. The molecule has 0 aliphatic heterocycles. The van der Waals surface area contributed by atoms with Crippen molar-refractivity contribution in [2.45, 2.75) is 213 Å². The lowest BCUT2D eigenvalue weighted by Gasteiger charge is -2.21. The van der Waals surface area contributed by atoms with Gasteiger partial charge >= 0.3 is 25.7 Å². The maximum atomic E-state index is 12.8. The van der Waals surface area contributed by atoms with Crippen molar-refractivity contribution in [2.75, 3.05) is 26.4 Å². The van der Waals surface area contributed by atoms with Crippen molar-refractivity contribution in [3.05, 3.63) is 97.2 Å². The molecule has 0 bridgehead atoms. The van der Waals surface area contributed by atoms with Crippen LogP contribution in [0.2, 0.25) is 0 Å². The van der Waals surface area contributed by atoms with Gasteiger partial charge in [0, 0.05) is 19.3 Å². The molecule has 0 fully saturated rings. The van der Waals surface area contributed by atoms with Crippen LogP contribution < -0.4 is 0 Å². The van der Waals surface area contributed by atoms with Crippen molar-refractivity contribution in [1.29, 1.82) is 0 Å². The number of hydrogen-bond acceptors (Lipinski definition) is 10. The SMILES string of the molecule is CC/C=C\C/C=C\C/C=C\C/C=C\CCC(=O)OCC(COP(=O)(O)OCC(CO)OC(=O)CCCCCCC/C=C\CCCC)OC(=O)CCCCCCCCC/C=C\C/C=C\C/C=C\CC. The number of aliphatic hydroxyl groups is 1. The first-order chi connectivity index (χ1) is 33.2. The van der Waals surface area contributed by atoms with Gasteiger partial charge in [0.15, 0.2) is 6.10 Å². The first kappa shape index (κ1) is 64.4. The zero-order valence-electron chi connectivity index (χ0n) is 42.5. The zero-order chi connectivity index (χ0) is 49.9. The molecule has 11 nitrogen and oxygen atoms in total. The van der Waals surface area contributed by atoms with E-state index in [1.54, 1.807) is 0 Å². The molecule has 3 atom stereocenters. The number of aliphatic hydroxyl groups excluding tert-OH is 1. The second-order valence-corrected chi connectivity index (χ2v) is 18.4. The van der Waals surface area contributed by atoms with E-state index in [2.05, 4.69) is 106 Å². The third-order valence-corrected chi connectivity index (χ3v) is 11.4. The minimum Gasteiger partial charge on any atom is -0.462 e. The number of phosphoric acid groups is 1. The molecule has 0 saturated carbocycles. The van der Waals surface area contributed by atoms with E-state index < -0.39 is 57.8 Å². The molecule has 0 aliphatic carbocycles. The van der Waals surface area contributed by atoms with Crippen LogP contribution in [-0.2, 0) is 42.2 Å². The molecule has 0 aromatic rings. The van der Waals surface area contributed by atoms with E-state index in [0.717, 1.165) is 128 Å². The van der Waals surface area contributed by atoms with Crippen molar-refractivity contribution in [3.8, 4) is 0 Å². The molecule has 68 heavy (non-hydrogen) atoms. The molecule has 0 spiro atoms. The molecule has 0 heterocycles. The lowest BCUT2D eigenvalue weighted by atomic mass is 10.1. The number of rotatable bonds is 47. The molecular weight excluding hydrogens is 880 g/mol. The fourth-order valence-corrected chi connectivity index (χ4v) is 7.32. The summed E-state index contributed by atoms with van der Waals surface area (Å²) in [5, 5.41) is 9.76. The molecule has 388 valence electrons. The maximum Gasteiger partial charge on any atom is 0.472 e. The van der Waals surface area contributed by atoms with E-state index in [4.69, 9.17) is 23.3 Å². The third kappa shape index (κ3) is 47.5. The fourth-order valence-electron chi connectivity index (χ4n) is 6.54. The number of carbonyl (C=O) groups excluding carboxylic acids is 3. The summed E-state index contributed by atoms with van der Waals surface area (Å²) in [5.74, 6) is -1.59. The highest BCUT2D eigenvalue weighted by Crippen LogP contribution is 2.43. The van der Waals surface area contributed by atoms with Crippen molar-refractivity contribution in [1.82, 2.24) is 0 Å². The average Bonchev–Trinajstić information content (AvgIpc) is 3.32. The largest absolute Gasteiger partial charge is 0.472 e. The Labute approximate surface area is 412 Å². The predicted molar refractivity (Wildman–Crippen MR) is 279 cm³/mol. The van der Waals surface area contributed by atoms with Gasteiger partial charge in [0.1, 0.15) is 12.7 Å². The molecule has 0 rings (SSSR count). The number of esters is 3. The summed E-state index contributed by atoms with van der Waals surface area (Å²) in [6.07, 6.45) is 56.8. The molecule has 2 N–H and O–H groups in total. The molecule has 0 aromatic carbocycles. The van der Waals surface area contributed by atoms with E-state index in [1.165, 1.54) is 12.8 Å². The normalized spacial score (nSPS) is 14.2. The third-order valence-electron chi connectivity index (χ3n) is 10.5. The van der Waals surface area contributed by atoms with Crippen LogP contribution in [0.5, 0.6) is 0 Å². The lowest BCUT2D eigenvalue weighted by Crippen LogP contribution is -2.30. The Morgan fingerprint density at radius 1 is 0.426 bits per heavy atom. The van der Waals surface area contributed by atoms with E-state index in [0.29, 0.717) is 19.3 Å². The van der Waals surface area contributed by atoms with Crippen molar-refractivity contribution in [3.63, 3.8) is 0 Å². The number of unbranched alkanes of at least 4 members (excludes halogenated alkanes) is 14. The van der Waals surface area contributed by atoms with E-state index in [1.807, 2.05) is 12.2 Å². The highest BCUT2D eigenvalue weighted by atomic mass is 31.2. The monoisotopic (exact) mass is 973 g/mol. The minimum atomic E-state index is -4.76.